The Morgan fingerprint density at radius 1 is 0.390 bits per heavy atom. The summed E-state index contributed by atoms with van der Waals surface area (Å²) >= 11 is 0. The molecule has 0 aliphatic rings. The zero-order valence-corrected chi connectivity index (χ0v) is 54.3. The lowest BCUT2D eigenvalue weighted by atomic mass is 10.0. The molecule has 82 heavy (non-hydrogen) atoms. The van der Waals surface area contributed by atoms with E-state index < -0.39 is 26.5 Å². The topological polar surface area (TPSA) is 108 Å². The van der Waals surface area contributed by atoms with Gasteiger partial charge in [0, 0.05) is 12.8 Å². The smallest absolute Gasteiger partial charge is 0.462 e. The number of unbranched alkanes of at least 4 members (excludes halogenated alkanes) is 26. The predicted octanol–water partition coefficient (Wildman–Crippen LogP) is 21.5. The molecule has 0 fully saturated rings. The van der Waals surface area contributed by atoms with Crippen LogP contribution in [-0.2, 0) is 32.7 Å². The number of ether oxygens (including phenoxy) is 2. The van der Waals surface area contributed by atoms with E-state index in [-0.39, 0.29) is 32.0 Å². The molecule has 0 saturated carbocycles. The fraction of sp³-hybridized carbons (Fsp3) is 0.694. The molecule has 0 radical (unpaired) electrons. The number of nitrogens with zero attached hydrogens (tertiary/aromatic N) is 1. The van der Waals surface area contributed by atoms with Crippen molar-refractivity contribution in [2.45, 2.75) is 277 Å². The summed E-state index contributed by atoms with van der Waals surface area (Å²) in [6, 6.07) is 0. The van der Waals surface area contributed by atoms with Crippen molar-refractivity contribution in [3.8, 4) is 0 Å². The Hall–Kier alpha value is -3.59. The standard InChI is InChI=1S/C72H124NO8P/c1-6-8-10-12-14-16-18-20-22-24-26-28-30-32-33-34-35-36-37-38-39-41-43-45-47-49-51-53-55-57-59-61-63-65-72(75)81-70(69-80-82(76,77)79-67-66-73(3,4)5)68-78-71(74)64-62-60-58-56-54-52-50-48-46-44-42-40-31-29-27-25-23-21-19-17-15-13-11-9-7-2/h8,10,14,16,20,22,25-28,32-33,35-36,38-39,43,45,49,51,70H,6-7,9,11-13,15,17-19,21,23-24,29-31,34,37,40-42,44,46-48,50,52-69H2,1-5H3/p+1/b10-8-,16-14-,22-20-,27-25-,28-26-,33-32-,36-35-,39-38-,45-43-,51-49-. The van der Waals surface area contributed by atoms with Crippen molar-refractivity contribution < 1.29 is 42.1 Å². The van der Waals surface area contributed by atoms with Crippen molar-refractivity contribution in [2.75, 3.05) is 47.5 Å². The maximum absolute atomic E-state index is 12.9. The molecule has 0 aromatic carbocycles. The second-order valence-corrected chi connectivity index (χ2v) is 24.6. The molecule has 0 bridgehead atoms. The van der Waals surface area contributed by atoms with Crippen molar-refractivity contribution in [2.24, 2.45) is 0 Å². The van der Waals surface area contributed by atoms with E-state index in [0.29, 0.717) is 17.4 Å². The van der Waals surface area contributed by atoms with Crippen molar-refractivity contribution >= 4 is 19.8 Å². The molecule has 0 spiro atoms. The van der Waals surface area contributed by atoms with Gasteiger partial charge in [0.25, 0.3) is 0 Å². The van der Waals surface area contributed by atoms with Gasteiger partial charge in [0.2, 0.25) is 0 Å². The van der Waals surface area contributed by atoms with Crippen LogP contribution >= 0.6 is 7.82 Å². The molecule has 2 atom stereocenters. The maximum atomic E-state index is 12.9. The first-order chi connectivity index (χ1) is 40.0. The number of phosphoric ester groups is 1. The molecule has 10 heteroatoms. The molecule has 0 aromatic rings. The predicted molar refractivity (Wildman–Crippen MR) is 353 cm³/mol. The third-order valence-corrected chi connectivity index (χ3v) is 15.0. The minimum atomic E-state index is -4.40. The SMILES string of the molecule is CC/C=C\C/C=C\C/C=C\C/C=C\C/C=C\C/C=C\C/C=C\C/C=C\C/C=C\CCCCCCCC(=O)OC(COC(=O)CCCCCCCCCCCCCCC/C=C\CCCCCCCCCC)COP(=O)(O)OCC[N+](C)(C)C. The van der Waals surface area contributed by atoms with Gasteiger partial charge in [0.05, 0.1) is 27.7 Å². The van der Waals surface area contributed by atoms with Crippen LogP contribution in [0.1, 0.15) is 271 Å². The molecule has 0 rings (SSSR count). The second kappa shape index (κ2) is 62.0. The lowest BCUT2D eigenvalue weighted by Gasteiger charge is -2.24. The summed E-state index contributed by atoms with van der Waals surface area (Å²) in [6.45, 7) is 4.31. The molecule has 1 N–H and O–H groups in total. The second-order valence-electron chi connectivity index (χ2n) is 23.1. The van der Waals surface area contributed by atoms with Gasteiger partial charge in [-0.1, -0.05) is 270 Å². The first-order valence-corrected chi connectivity index (χ1v) is 34.8. The molecule has 0 heterocycles. The number of hydrogen-bond acceptors (Lipinski definition) is 7. The van der Waals surface area contributed by atoms with Gasteiger partial charge in [0.15, 0.2) is 6.10 Å². The molecule has 2 unspecified atom stereocenters. The van der Waals surface area contributed by atoms with Crippen molar-refractivity contribution in [3.63, 3.8) is 0 Å². The first kappa shape index (κ1) is 78.4. The van der Waals surface area contributed by atoms with Gasteiger partial charge >= 0.3 is 19.8 Å². The summed E-state index contributed by atoms with van der Waals surface area (Å²) in [5.74, 6) is -0.821. The summed E-state index contributed by atoms with van der Waals surface area (Å²) in [5, 5.41) is 0. The monoisotopic (exact) mass is 1160 g/mol. The van der Waals surface area contributed by atoms with E-state index in [1.54, 1.807) is 0 Å². The molecular formula is C72H125NO8P+. The van der Waals surface area contributed by atoms with E-state index in [9.17, 15) is 19.0 Å². The van der Waals surface area contributed by atoms with Crippen LogP contribution in [0.3, 0.4) is 0 Å². The van der Waals surface area contributed by atoms with Crippen molar-refractivity contribution in [1.29, 1.82) is 0 Å². The Bertz CT molecular complexity index is 1800. The van der Waals surface area contributed by atoms with Gasteiger partial charge in [-0.3, -0.25) is 18.6 Å². The molecule has 470 valence electrons. The van der Waals surface area contributed by atoms with Crippen LogP contribution < -0.4 is 0 Å². The average molecular weight is 1160 g/mol. The molecule has 0 saturated heterocycles. The van der Waals surface area contributed by atoms with E-state index in [0.717, 1.165) is 109 Å². The minimum absolute atomic E-state index is 0.0220. The van der Waals surface area contributed by atoms with E-state index in [1.807, 2.05) is 21.1 Å². The van der Waals surface area contributed by atoms with E-state index in [2.05, 4.69) is 135 Å². The molecule has 0 amide bonds. The number of esters is 2. The maximum Gasteiger partial charge on any atom is 0.472 e. The zero-order chi connectivity index (χ0) is 59.8. The number of carbonyl (C=O) groups is 2. The highest BCUT2D eigenvalue weighted by Crippen LogP contribution is 2.43. The van der Waals surface area contributed by atoms with Crippen molar-refractivity contribution in [3.05, 3.63) is 122 Å². The summed E-state index contributed by atoms with van der Waals surface area (Å²) in [4.78, 5) is 35.8. The first-order valence-electron chi connectivity index (χ1n) is 33.3. The van der Waals surface area contributed by atoms with Gasteiger partial charge in [-0.25, -0.2) is 4.57 Å². The van der Waals surface area contributed by atoms with Gasteiger partial charge in [0.1, 0.15) is 19.8 Å². The molecule has 0 aromatic heterocycles. The summed E-state index contributed by atoms with van der Waals surface area (Å²) in [7, 11) is 1.45. The average Bonchev–Trinajstić information content (AvgIpc) is 3.46. The number of likely N-dealkylation sites (N-methyl/N-ethyl adjacent to an activating group) is 1. The van der Waals surface area contributed by atoms with E-state index in [1.165, 1.54) is 128 Å². The lowest BCUT2D eigenvalue weighted by Crippen LogP contribution is -2.37. The Morgan fingerprint density at radius 3 is 1.05 bits per heavy atom. The number of rotatable bonds is 60. The Kier molecular flexibility index (Phi) is 59.2. The van der Waals surface area contributed by atoms with Crippen LogP contribution in [0.4, 0.5) is 0 Å². The minimum Gasteiger partial charge on any atom is -0.462 e. The van der Waals surface area contributed by atoms with Crippen LogP contribution in [0.15, 0.2) is 122 Å². The third kappa shape index (κ3) is 65.6. The highest BCUT2D eigenvalue weighted by molar-refractivity contribution is 7.47. The van der Waals surface area contributed by atoms with Crippen LogP contribution in [-0.4, -0.2) is 74.9 Å². The molecular weight excluding hydrogens is 1040 g/mol. The van der Waals surface area contributed by atoms with Crippen LogP contribution in [0, 0.1) is 0 Å². The highest BCUT2D eigenvalue weighted by Gasteiger charge is 2.27. The number of phosphoric acid groups is 1. The molecule has 0 aliphatic heterocycles. The van der Waals surface area contributed by atoms with E-state index >= 15 is 0 Å². The molecule has 0 aliphatic carbocycles. The van der Waals surface area contributed by atoms with Crippen LogP contribution in [0.2, 0.25) is 0 Å². The normalized spacial score (nSPS) is 14.0. The fourth-order valence-electron chi connectivity index (χ4n) is 8.89. The summed E-state index contributed by atoms with van der Waals surface area (Å²) in [6.07, 6.45) is 88.6. The quantitative estimate of drug-likeness (QED) is 0.0211. The van der Waals surface area contributed by atoms with Gasteiger partial charge in [-0.15, -0.1) is 0 Å². The van der Waals surface area contributed by atoms with E-state index in [4.69, 9.17) is 18.5 Å². The van der Waals surface area contributed by atoms with Gasteiger partial charge < -0.3 is 18.9 Å². The van der Waals surface area contributed by atoms with Crippen LogP contribution in [0.25, 0.3) is 0 Å². The lowest BCUT2D eigenvalue weighted by molar-refractivity contribution is -0.870. The number of quaternary nitrogens is 1. The van der Waals surface area contributed by atoms with Gasteiger partial charge in [-0.05, 0) is 109 Å². The summed E-state index contributed by atoms with van der Waals surface area (Å²) in [5.41, 5.74) is 0. The largest absolute Gasteiger partial charge is 0.472 e. The van der Waals surface area contributed by atoms with Crippen LogP contribution in [0.5, 0.6) is 0 Å². The third-order valence-electron chi connectivity index (χ3n) is 14.0. The Morgan fingerprint density at radius 2 is 0.695 bits per heavy atom. The highest BCUT2D eigenvalue weighted by atomic mass is 31.2. The Labute approximate surface area is 505 Å². The number of carbonyl (C=O) groups excluding carboxylic acids is 2. The Balaban J connectivity index is 4.18. The summed E-state index contributed by atoms with van der Waals surface area (Å²) < 4.78 is 34.7. The zero-order valence-electron chi connectivity index (χ0n) is 53.4. The molecule has 9 nitrogen and oxygen atoms in total. The van der Waals surface area contributed by atoms with Crippen molar-refractivity contribution in [1.82, 2.24) is 0 Å². The van der Waals surface area contributed by atoms with Gasteiger partial charge in [-0.2, -0.15) is 0 Å². The fourth-order valence-corrected chi connectivity index (χ4v) is 9.63. The number of hydrogen-bond donors (Lipinski definition) is 1. The number of allylic oxidation sites excluding steroid dienone is 20.